The molecule has 0 spiro atoms. The smallest absolute Gasteiger partial charge is 0.220 e. The Bertz CT molecular complexity index is 488. The van der Waals surface area contributed by atoms with E-state index in [-0.39, 0.29) is 0 Å². The van der Waals surface area contributed by atoms with Gasteiger partial charge in [0.25, 0.3) is 0 Å². The van der Waals surface area contributed by atoms with Gasteiger partial charge in [-0.05, 0) is 89.3 Å². The van der Waals surface area contributed by atoms with Crippen LogP contribution < -0.4 is 5.32 Å². The maximum atomic E-state index is 12.3. The van der Waals surface area contributed by atoms with Gasteiger partial charge < -0.3 is 10.2 Å². The first-order chi connectivity index (χ1) is 13.2. The summed E-state index contributed by atoms with van der Waals surface area (Å²) in [5.74, 6) is 2.76. The van der Waals surface area contributed by atoms with Crippen LogP contribution in [0.3, 0.4) is 0 Å². The maximum Gasteiger partial charge on any atom is 0.220 e. The van der Waals surface area contributed by atoms with Gasteiger partial charge in [0.15, 0.2) is 0 Å². The van der Waals surface area contributed by atoms with Crippen molar-refractivity contribution in [3.05, 3.63) is 0 Å². The van der Waals surface area contributed by atoms with Crippen LogP contribution in [0.2, 0.25) is 0 Å². The average molecular weight is 376 g/mol. The minimum Gasteiger partial charge on any atom is -0.356 e. The van der Waals surface area contributed by atoms with E-state index in [1.165, 1.54) is 83.8 Å². The Kier molecular flexibility index (Phi) is 6.75. The van der Waals surface area contributed by atoms with Crippen molar-refractivity contribution in [3.8, 4) is 0 Å². The van der Waals surface area contributed by atoms with Crippen molar-refractivity contribution in [1.29, 1.82) is 0 Å². The summed E-state index contributed by atoms with van der Waals surface area (Å²) in [5, 5.41) is 3.23. The Hall–Kier alpha value is -0.610. The zero-order valence-corrected chi connectivity index (χ0v) is 17.5. The van der Waals surface area contributed by atoms with Gasteiger partial charge in [0.05, 0.1) is 0 Å². The number of nitrogens with one attached hydrogen (secondary N) is 1. The number of hydrogen-bond acceptors (Lipinski definition) is 3. The molecule has 1 saturated carbocycles. The third-order valence-corrected chi connectivity index (χ3v) is 8.15. The van der Waals surface area contributed by atoms with Crippen molar-refractivity contribution in [2.45, 2.75) is 89.1 Å². The molecule has 154 valence electrons. The molecule has 4 aliphatic rings. The molecule has 0 aromatic heterocycles. The fourth-order valence-electron chi connectivity index (χ4n) is 6.85. The lowest BCUT2D eigenvalue weighted by Crippen LogP contribution is -2.63. The van der Waals surface area contributed by atoms with Crippen LogP contribution in [0, 0.1) is 17.8 Å². The van der Waals surface area contributed by atoms with Gasteiger partial charge in [0.2, 0.25) is 5.91 Å². The van der Waals surface area contributed by atoms with E-state index in [9.17, 15) is 4.79 Å². The highest BCUT2D eigenvalue weighted by Gasteiger charge is 2.47. The summed E-state index contributed by atoms with van der Waals surface area (Å²) in [6, 6.07) is 1.53. The molecule has 0 radical (unpaired) electrons. The van der Waals surface area contributed by atoms with Gasteiger partial charge in [-0.2, -0.15) is 0 Å². The van der Waals surface area contributed by atoms with Crippen molar-refractivity contribution >= 4 is 5.91 Å². The highest BCUT2D eigenvalue weighted by Crippen LogP contribution is 2.42. The van der Waals surface area contributed by atoms with Crippen molar-refractivity contribution in [2.75, 3.05) is 33.2 Å². The number of hydrogen-bond donors (Lipinski definition) is 1. The van der Waals surface area contributed by atoms with E-state index in [0.29, 0.717) is 11.9 Å². The number of amides is 1. The van der Waals surface area contributed by atoms with E-state index in [4.69, 9.17) is 0 Å². The van der Waals surface area contributed by atoms with Gasteiger partial charge in [-0.25, -0.2) is 0 Å². The van der Waals surface area contributed by atoms with E-state index < -0.39 is 0 Å². The Morgan fingerprint density at radius 1 is 1.00 bits per heavy atom. The fourth-order valence-corrected chi connectivity index (χ4v) is 6.85. The number of piperidine rings is 3. The van der Waals surface area contributed by atoms with Crippen LogP contribution in [-0.2, 0) is 4.79 Å². The van der Waals surface area contributed by atoms with Gasteiger partial charge in [0, 0.05) is 31.6 Å². The molecule has 3 heterocycles. The Balaban J connectivity index is 1.23. The van der Waals surface area contributed by atoms with Crippen LogP contribution in [0.5, 0.6) is 0 Å². The van der Waals surface area contributed by atoms with E-state index in [1.54, 1.807) is 0 Å². The molecule has 0 bridgehead atoms. The summed E-state index contributed by atoms with van der Waals surface area (Å²) in [4.78, 5) is 17.8. The van der Waals surface area contributed by atoms with Gasteiger partial charge in [0.1, 0.15) is 0 Å². The molecular weight excluding hydrogens is 334 g/mol. The molecular formula is C23H41N3O. The largest absolute Gasteiger partial charge is 0.356 e. The second kappa shape index (κ2) is 9.26. The minimum absolute atomic E-state index is 0.292. The summed E-state index contributed by atoms with van der Waals surface area (Å²) in [6.07, 6.45) is 15.3. The second-order valence-corrected chi connectivity index (χ2v) is 9.94. The van der Waals surface area contributed by atoms with Crippen LogP contribution in [0.1, 0.15) is 77.0 Å². The van der Waals surface area contributed by atoms with E-state index in [0.717, 1.165) is 43.2 Å². The Morgan fingerprint density at radius 2 is 1.78 bits per heavy atom. The third-order valence-electron chi connectivity index (χ3n) is 8.15. The molecule has 4 heteroatoms. The lowest BCUT2D eigenvalue weighted by molar-refractivity contribution is -0.121. The second-order valence-electron chi connectivity index (χ2n) is 9.94. The molecule has 0 unspecified atom stereocenters. The van der Waals surface area contributed by atoms with Crippen LogP contribution in [0.25, 0.3) is 0 Å². The highest BCUT2D eigenvalue weighted by atomic mass is 16.1. The quantitative estimate of drug-likeness (QED) is 0.769. The maximum absolute atomic E-state index is 12.3. The number of carbonyl (C=O) groups excluding carboxylic acids is 1. The normalized spacial score (nSPS) is 35.6. The average Bonchev–Trinajstić information content (AvgIpc) is 2.70. The molecule has 4 fully saturated rings. The number of carbonyl (C=O) groups is 1. The first-order valence-electron chi connectivity index (χ1n) is 11.9. The number of nitrogens with zero attached hydrogens (tertiary/aromatic N) is 2. The van der Waals surface area contributed by atoms with Crippen molar-refractivity contribution < 1.29 is 4.79 Å². The molecule has 0 aromatic rings. The first kappa shape index (κ1) is 19.7. The van der Waals surface area contributed by atoms with Gasteiger partial charge in [-0.1, -0.05) is 19.3 Å². The topological polar surface area (TPSA) is 35.6 Å². The SMILES string of the molecule is CN1C[C@@H]2CCCN3CCC[C@@H]([C@H]23)[C@H]1CCCC(=O)NCC1CCCCC1. The predicted molar refractivity (Wildman–Crippen MR) is 111 cm³/mol. The molecule has 3 aliphatic heterocycles. The third kappa shape index (κ3) is 4.70. The van der Waals surface area contributed by atoms with Crippen LogP contribution in [0.4, 0.5) is 0 Å². The highest BCUT2D eigenvalue weighted by molar-refractivity contribution is 5.75. The zero-order chi connectivity index (χ0) is 18.6. The van der Waals surface area contributed by atoms with Crippen molar-refractivity contribution in [3.63, 3.8) is 0 Å². The zero-order valence-electron chi connectivity index (χ0n) is 17.5. The molecule has 27 heavy (non-hydrogen) atoms. The predicted octanol–water partition coefficient (Wildman–Crippen LogP) is 3.66. The van der Waals surface area contributed by atoms with E-state index in [2.05, 4.69) is 22.2 Å². The molecule has 3 saturated heterocycles. The molecule has 1 amide bonds. The molecule has 1 aliphatic carbocycles. The lowest BCUT2D eigenvalue weighted by atomic mass is 9.69. The summed E-state index contributed by atoms with van der Waals surface area (Å²) >= 11 is 0. The molecule has 0 aromatic carbocycles. The van der Waals surface area contributed by atoms with Crippen LogP contribution in [0.15, 0.2) is 0 Å². The fraction of sp³-hybridized carbons (Fsp3) is 0.957. The summed E-state index contributed by atoms with van der Waals surface area (Å²) in [6.45, 7) is 4.86. The summed E-state index contributed by atoms with van der Waals surface area (Å²) < 4.78 is 0. The first-order valence-corrected chi connectivity index (χ1v) is 11.9. The molecule has 1 N–H and O–H groups in total. The van der Waals surface area contributed by atoms with Gasteiger partial charge in [-0.3, -0.25) is 9.69 Å². The number of rotatable bonds is 6. The molecule has 4 atom stereocenters. The Labute approximate surface area is 166 Å². The molecule has 4 nitrogen and oxygen atoms in total. The van der Waals surface area contributed by atoms with Crippen molar-refractivity contribution in [1.82, 2.24) is 15.1 Å². The van der Waals surface area contributed by atoms with E-state index in [1.807, 2.05) is 0 Å². The Morgan fingerprint density at radius 3 is 2.59 bits per heavy atom. The van der Waals surface area contributed by atoms with Crippen LogP contribution in [-0.4, -0.2) is 61.0 Å². The summed E-state index contributed by atoms with van der Waals surface area (Å²) in [5.41, 5.74) is 0. The lowest BCUT2D eigenvalue weighted by Gasteiger charge is -2.57. The minimum atomic E-state index is 0.292. The van der Waals surface area contributed by atoms with E-state index >= 15 is 0 Å². The van der Waals surface area contributed by atoms with Crippen LogP contribution >= 0.6 is 0 Å². The van der Waals surface area contributed by atoms with Gasteiger partial charge >= 0.3 is 0 Å². The van der Waals surface area contributed by atoms with Crippen molar-refractivity contribution in [2.24, 2.45) is 17.8 Å². The standard InChI is InChI=1S/C23H41N3O/c1-25-17-19-10-6-14-26-15-7-11-20(23(19)26)21(25)12-5-13-22(27)24-16-18-8-3-2-4-9-18/h18-21,23H,2-17H2,1H3,(H,24,27)/t19-,20+,21+,23-/m0/s1. The number of likely N-dealkylation sites (tertiary alicyclic amines) is 1. The monoisotopic (exact) mass is 375 g/mol. The molecule has 4 rings (SSSR count). The van der Waals surface area contributed by atoms with Gasteiger partial charge in [-0.15, -0.1) is 0 Å². The summed E-state index contributed by atoms with van der Waals surface area (Å²) in [7, 11) is 2.34.